The van der Waals surface area contributed by atoms with Gasteiger partial charge in [-0.3, -0.25) is 4.79 Å². The largest absolute Gasteiger partial charge is 0.494 e. The summed E-state index contributed by atoms with van der Waals surface area (Å²) in [5.74, 6) is 0.448. The van der Waals surface area contributed by atoms with E-state index in [-0.39, 0.29) is 17.6 Å². The molecule has 0 saturated carbocycles. The van der Waals surface area contributed by atoms with E-state index in [2.05, 4.69) is 37.9 Å². The van der Waals surface area contributed by atoms with Crippen LogP contribution in [0.25, 0.3) is 10.9 Å². The normalized spacial score (nSPS) is 11.1. The molecule has 0 aliphatic rings. The number of nitrogens with zero attached hydrogens (tertiary/aromatic N) is 3. The standard InChI is InChI=1S/C19H14ClIN4O2S/c1-10-22-13-9-25(8-11-3-2-4-12(21)7-11)19(27)16(13)17(23-10)24-18(26)14-5-6-15(20)28-14/h2-7,9,27H,8H2,1H3,(H,22,23,24,26). The number of aryl methyl sites for hydroxylation is 1. The fraction of sp³-hybridized carbons (Fsp3) is 0.105. The predicted molar refractivity (Wildman–Crippen MR) is 119 cm³/mol. The first-order valence-corrected chi connectivity index (χ1v) is 10.6. The Hall–Kier alpha value is -2.17. The topological polar surface area (TPSA) is 80.0 Å². The van der Waals surface area contributed by atoms with Crippen molar-refractivity contribution in [3.63, 3.8) is 0 Å². The van der Waals surface area contributed by atoms with Crippen LogP contribution in [-0.4, -0.2) is 25.5 Å². The van der Waals surface area contributed by atoms with Gasteiger partial charge in [0.1, 0.15) is 17.0 Å². The summed E-state index contributed by atoms with van der Waals surface area (Å²) in [7, 11) is 0. The van der Waals surface area contributed by atoms with Crippen molar-refractivity contribution < 1.29 is 9.90 Å². The molecule has 142 valence electrons. The van der Waals surface area contributed by atoms with E-state index in [9.17, 15) is 9.90 Å². The average molecular weight is 525 g/mol. The van der Waals surface area contributed by atoms with Crippen LogP contribution in [0.1, 0.15) is 21.1 Å². The lowest BCUT2D eigenvalue weighted by Gasteiger charge is -2.07. The second-order valence-electron chi connectivity index (χ2n) is 6.15. The molecule has 0 unspecified atom stereocenters. The molecule has 4 aromatic rings. The first kappa shape index (κ1) is 19.2. The minimum absolute atomic E-state index is 0.00775. The summed E-state index contributed by atoms with van der Waals surface area (Å²) in [5.41, 5.74) is 1.61. The maximum Gasteiger partial charge on any atom is 0.266 e. The van der Waals surface area contributed by atoms with Crippen molar-refractivity contribution in [1.82, 2.24) is 14.5 Å². The number of amides is 1. The highest BCUT2D eigenvalue weighted by Gasteiger charge is 2.19. The van der Waals surface area contributed by atoms with Crippen LogP contribution >= 0.6 is 45.5 Å². The van der Waals surface area contributed by atoms with Gasteiger partial charge in [0, 0.05) is 9.77 Å². The predicted octanol–water partition coefficient (Wildman–Crippen LogP) is 5.07. The van der Waals surface area contributed by atoms with Crippen molar-refractivity contribution in [1.29, 1.82) is 0 Å². The number of benzene rings is 1. The summed E-state index contributed by atoms with van der Waals surface area (Å²) in [4.78, 5) is 21.7. The third-order valence-corrected chi connectivity index (χ3v) is 5.99. The van der Waals surface area contributed by atoms with Crippen LogP contribution < -0.4 is 5.32 Å². The Morgan fingerprint density at radius 3 is 2.86 bits per heavy atom. The first-order chi connectivity index (χ1) is 13.4. The number of fused-ring (bicyclic) bond motifs is 1. The van der Waals surface area contributed by atoms with E-state index >= 15 is 0 Å². The number of carbonyl (C=O) groups excluding carboxylic acids is 1. The van der Waals surface area contributed by atoms with Crippen molar-refractivity contribution in [3.05, 3.63) is 66.8 Å². The number of thiophene rings is 1. The minimum atomic E-state index is -0.332. The number of hydrogen-bond donors (Lipinski definition) is 2. The second-order valence-corrected chi connectivity index (χ2v) is 9.11. The fourth-order valence-corrected chi connectivity index (χ4v) is 4.45. The van der Waals surface area contributed by atoms with Gasteiger partial charge in [0.25, 0.3) is 5.91 Å². The molecule has 0 bridgehead atoms. The molecule has 1 aromatic carbocycles. The highest BCUT2D eigenvalue weighted by molar-refractivity contribution is 14.1. The van der Waals surface area contributed by atoms with E-state index in [4.69, 9.17) is 11.6 Å². The SMILES string of the molecule is Cc1nc(NC(=O)c2ccc(Cl)s2)c2c(O)n(Cc3cccc(I)c3)cc2n1. The molecule has 0 aliphatic heterocycles. The molecule has 3 aromatic heterocycles. The van der Waals surface area contributed by atoms with Gasteiger partial charge in [-0.15, -0.1) is 11.3 Å². The zero-order valence-corrected chi connectivity index (χ0v) is 18.3. The number of rotatable bonds is 4. The van der Waals surface area contributed by atoms with Gasteiger partial charge in [-0.1, -0.05) is 23.7 Å². The van der Waals surface area contributed by atoms with Crippen LogP contribution in [0.5, 0.6) is 5.88 Å². The van der Waals surface area contributed by atoms with Crippen LogP contribution in [0.4, 0.5) is 5.82 Å². The van der Waals surface area contributed by atoms with Crippen molar-refractivity contribution >= 4 is 68.2 Å². The Morgan fingerprint density at radius 1 is 1.32 bits per heavy atom. The molecular weight excluding hydrogens is 511 g/mol. The third kappa shape index (κ3) is 3.85. The number of aromatic hydroxyl groups is 1. The smallest absolute Gasteiger partial charge is 0.266 e. The lowest BCUT2D eigenvalue weighted by molar-refractivity contribution is 0.103. The van der Waals surface area contributed by atoms with Gasteiger partial charge in [-0.25, -0.2) is 9.97 Å². The van der Waals surface area contributed by atoms with Crippen molar-refractivity contribution in [2.24, 2.45) is 0 Å². The highest BCUT2D eigenvalue weighted by atomic mass is 127. The molecule has 2 N–H and O–H groups in total. The van der Waals surface area contributed by atoms with Gasteiger partial charge in [-0.05, 0) is 59.3 Å². The Bertz CT molecular complexity index is 1200. The highest BCUT2D eigenvalue weighted by Crippen LogP contribution is 2.33. The molecule has 9 heteroatoms. The van der Waals surface area contributed by atoms with Gasteiger partial charge in [0.15, 0.2) is 0 Å². The van der Waals surface area contributed by atoms with Gasteiger partial charge in [0.05, 0.1) is 21.3 Å². The Kier molecular flexibility index (Phi) is 5.26. The third-order valence-electron chi connectivity index (χ3n) is 4.09. The van der Waals surface area contributed by atoms with E-state index in [1.165, 1.54) is 11.3 Å². The number of carbonyl (C=O) groups is 1. The van der Waals surface area contributed by atoms with Crippen LogP contribution in [0.3, 0.4) is 0 Å². The van der Waals surface area contributed by atoms with Crippen LogP contribution in [-0.2, 0) is 6.54 Å². The van der Waals surface area contributed by atoms with E-state index in [1.807, 2.05) is 24.3 Å². The van der Waals surface area contributed by atoms with Crippen LogP contribution in [0.15, 0.2) is 42.6 Å². The molecule has 0 aliphatic carbocycles. The summed E-state index contributed by atoms with van der Waals surface area (Å²) >= 11 is 9.34. The summed E-state index contributed by atoms with van der Waals surface area (Å²) in [5, 5.41) is 14.0. The van der Waals surface area contributed by atoms with Crippen LogP contribution in [0.2, 0.25) is 4.34 Å². The first-order valence-electron chi connectivity index (χ1n) is 8.28. The van der Waals surface area contributed by atoms with E-state index in [0.717, 1.165) is 9.13 Å². The number of anilines is 1. The maximum atomic E-state index is 12.5. The Morgan fingerprint density at radius 2 is 2.14 bits per heavy atom. The molecule has 0 fully saturated rings. The Balaban J connectivity index is 1.73. The number of nitrogens with one attached hydrogen (secondary N) is 1. The average Bonchev–Trinajstić information content (AvgIpc) is 3.19. The molecule has 6 nitrogen and oxygen atoms in total. The molecule has 1 amide bonds. The summed E-state index contributed by atoms with van der Waals surface area (Å²) in [6.07, 6.45) is 1.76. The molecule has 28 heavy (non-hydrogen) atoms. The van der Waals surface area contributed by atoms with Gasteiger partial charge in [-0.2, -0.15) is 0 Å². The number of hydrogen-bond acceptors (Lipinski definition) is 5. The van der Waals surface area contributed by atoms with Crippen molar-refractivity contribution in [2.75, 3.05) is 5.32 Å². The van der Waals surface area contributed by atoms with Crippen molar-refractivity contribution in [3.8, 4) is 5.88 Å². The zero-order valence-electron chi connectivity index (χ0n) is 14.6. The molecule has 0 atom stereocenters. The number of aromatic nitrogens is 3. The maximum absolute atomic E-state index is 12.5. The lowest BCUT2D eigenvalue weighted by Crippen LogP contribution is -2.12. The fourth-order valence-electron chi connectivity index (χ4n) is 2.91. The lowest BCUT2D eigenvalue weighted by atomic mass is 10.2. The molecule has 4 rings (SSSR count). The molecule has 3 heterocycles. The minimum Gasteiger partial charge on any atom is -0.494 e. The van der Waals surface area contributed by atoms with E-state index in [1.54, 1.807) is 29.8 Å². The van der Waals surface area contributed by atoms with Crippen LogP contribution in [0, 0.1) is 10.5 Å². The van der Waals surface area contributed by atoms with Gasteiger partial charge < -0.3 is 15.0 Å². The van der Waals surface area contributed by atoms with E-state index in [0.29, 0.717) is 32.5 Å². The summed E-state index contributed by atoms with van der Waals surface area (Å²) < 4.78 is 3.34. The summed E-state index contributed by atoms with van der Waals surface area (Å²) in [6, 6.07) is 11.3. The Labute approximate surface area is 183 Å². The molecule has 0 spiro atoms. The van der Waals surface area contributed by atoms with Crippen molar-refractivity contribution in [2.45, 2.75) is 13.5 Å². The number of halogens is 2. The van der Waals surface area contributed by atoms with Gasteiger partial charge >= 0.3 is 0 Å². The molecule has 0 radical (unpaired) electrons. The monoisotopic (exact) mass is 524 g/mol. The quantitative estimate of drug-likeness (QED) is 0.366. The van der Waals surface area contributed by atoms with Gasteiger partial charge in [0.2, 0.25) is 5.88 Å². The second kappa shape index (κ2) is 7.69. The molecular formula is C19H14ClIN4O2S. The summed E-state index contributed by atoms with van der Waals surface area (Å²) in [6.45, 7) is 2.22. The van der Waals surface area contributed by atoms with E-state index < -0.39 is 0 Å². The zero-order chi connectivity index (χ0) is 19.8. The molecule has 0 saturated heterocycles.